The summed E-state index contributed by atoms with van der Waals surface area (Å²) < 4.78 is 14.0. The molecule has 1 atom stereocenters. The van der Waals surface area contributed by atoms with Crippen LogP contribution in [0.25, 0.3) is 0 Å². The van der Waals surface area contributed by atoms with Crippen molar-refractivity contribution in [2.75, 3.05) is 4.90 Å². The quantitative estimate of drug-likeness (QED) is 0.765. The lowest BCUT2D eigenvalue weighted by Crippen LogP contribution is -2.26. The maximum absolute atomic E-state index is 14.0. The average molecular weight is 269 g/mol. The van der Waals surface area contributed by atoms with Gasteiger partial charge in [-0.2, -0.15) is 0 Å². The molecular formula is C17H16FNO. The number of fused-ring (bicyclic) bond motifs is 1. The number of hydrogen-bond acceptors (Lipinski definition) is 2. The second kappa shape index (κ2) is 4.75. The summed E-state index contributed by atoms with van der Waals surface area (Å²) in [6.45, 7) is 3.50. The normalized spacial score (nSPS) is 17.1. The van der Waals surface area contributed by atoms with Gasteiger partial charge < -0.3 is 4.90 Å². The van der Waals surface area contributed by atoms with Gasteiger partial charge in [0.1, 0.15) is 5.82 Å². The number of carbonyl (C=O) groups excluding carboxylic acids is 1. The third-order valence-electron chi connectivity index (χ3n) is 3.81. The minimum absolute atomic E-state index is 0.177. The topological polar surface area (TPSA) is 20.3 Å². The van der Waals surface area contributed by atoms with Crippen LogP contribution in [0.1, 0.15) is 29.8 Å². The summed E-state index contributed by atoms with van der Waals surface area (Å²) in [7, 11) is 0. The Bertz CT molecular complexity index is 680. The lowest BCUT2D eigenvalue weighted by atomic mass is 10.1. The van der Waals surface area contributed by atoms with E-state index < -0.39 is 5.82 Å². The molecule has 2 aromatic rings. The number of Topliss-reactive ketones (excluding diaryl/α,β-unsaturated/α-hetero) is 1. The zero-order chi connectivity index (χ0) is 14.3. The van der Waals surface area contributed by atoms with Crippen LogP contribution >= 0.6 is 0 Å². The fraction of sp³-hybridized carbons (Fsp3) is 0.235. The highest BCUT2D eigenvalue weighted by Crippen LogP contribution is 2.40. The molecule has 20 heavy (non-hydrogen) atoms. The molecule has 2 aromatic carbocycles. The lowest BCUT2D eigenvalue weighted by Gasteiger charge is -2.27. The molecule has 0 N–H and O–H groups in total. The molecule has 3 heteroatoms. The summed E-state index contributed by atoms with van der Waals surface area (Å²) in [5.41, 5.74) is 3.14. The third kappa shape index (κ3) is 1.90. The number of para-hydroxylation sites is 1. The molecule has 0 saturated heterocycles. The second-order valence-electron chi connectivity index (χ2n) is 5.24. The van der Waals surface area contributed by atoms with Gasteiger partial charge in [-0.25, -0.2) is 4.39 Å². The zero-order valence-corrected chi connectivity index (χ0v) is 11.6. The van der Waals surface area contributed by atoms with Gasteiger partial charge >= 0.3 is 0 Å². The van der Waals surface area contributed by atoms with Gasteiger partial charge in [-0.05, 0) is 44.0 Å². The van der Waals surface area contributed by atoms with E-state index in [0.717, 1.165) is 12.1 Å². The van der Waals surface area contributed by atoms with E-state index in [9.17, 15) is 9.18 Å². The van der Waals surface area contributed by atoms with Crippen molar-refractivity contribution in [3.63, 3.8) is 0 Å². The minimum Gasteiger partial charge on any atom is -0.337 e. The van der Waals surface area contributed by atoms with E-state index in [1.807, 2.05) is 24.3 Å². The molecule has 0 spiro atoms. The Labute approximate surface area is 117 Å². The molecule has 0 aliphatic carbocycles. The fourth-order valence-corrected chi connectivity index (χ4v) is 2.99. The Hall–Kier alpha value is -2.16. The van der Waals surface area contributed by atoms with Gasteiger partial charge in [0.15, 0.2) is 5.78 Å². The Morgan fingerprint density at radius 1 is 1.15 bits per heavy atom. The van der Waals surface area contributed by atoms with Gasteiger partial charge in [-0.15, -0.1) is 0 Å². The van der Waals surface area contributed by atoms with Gasteiger partial charge in [0, 0.05) is 11.7 Å². The highest BCUT2D eigenvalue weighted by atomic mass is 19.1. The van der Waals surface area contributed by atoms with E-state index in [1.165, 1.54) is 18.6 Å². The van der Waals surface area contributed by atoms with Gasteiger partial charge in [-0.3, -0.25) is 4.79 Å². The highest BCUT2D eigenvalue weighted by molar-refractivity contribution is 6.01. The Morgan fingerprint density at radius 3 is 2.60 bits per heavy atom. The van der Waals surface area contributed by atoms with Crippen molar-refractivity contribution in [2.45, 2.75) is 26.3 Å². The average Bonchev–Trinajstić information content (AvgIpc) is 2.73. The highest BCUT2D eigenvalue weighted by Gasteiger charge is 2.29. The second-order valence-corrected chi connectivity index (χ2v) is 5.24. The maximum atomic E-state index is 14.0. The zero-order valence-electron chi connectivity index (χ0n) is 11.6. The first-order valence-electron chi connectivity index (χ1n) is 6.76. The van der Waals surface area contributed by atoms with Crippen molar-refractivity contribution in [3.05, 3.63) is 59.4 Å². The number of rotatable bonds is 2. The Kier molecular flexibility index (Phi) is 3.05. The van der Waals surface area contributed by atoms with Crippen LogP contribution < -0.4 is 4.90 Å². The van der Waals surface area contributed by atoms with E-state index in [1.54, 1.807) is 6.07 Å². The number of carbonyl (C=O) groups is 1. The number of nitrogens with zero attached hydrogens (tertiary/aromatic N) is 1. The van der Waals surface area contributed by atoms with E-state index in [4.69, 9.17) is 0 Å². The van der Waals surface area contributed by atoms with Gasteiger partial charge in [-0.1, -0.05) is 24.3 Å². The first kappa shape index (κ1) is 12.9. The molecule has 3 rings (SSSR count). The lowest BCUT2D eigenvalue weighted by molar-refractivity contribution is 0.101. The first-order chi connectivity index (χ1) is 9.59. The monoisotopic (exact) mass is 269 g/mol. The smallest absolute Gasteiger partial charge is 0.164 e. The molecule has 0 bridgehead atoms. The SMILES string of the molecule is CC(=O)c1c(F)cccc1N1c2ccccc2CC1C. The molecule has 1 aliphatic rings. The van der Waals surface area contributed by atoms with Crippen molar-refractivity contribution >= 4 is 17.2 Å². The molecule has 1 unspecified atom stereocenters. The predicted octanol–water partition coefficient (Wildman–Crippen LogP) is 4.11. The number of halogens is 1. The molecule has 0 saturated carbocycles. The van der Waals surface area contributed by atoms with Crippen LogP contribution in [0.2, 0.25) is 0 Å². The molecular weight excluding hydrogens is 253 g/mol. The van der Waals surface area contributed by atoms with Crippen LogP contribution in [0.3, 0.4) is 0 Å². The van der Waals surface area contributed by atoms with Crippen LogP contribution in [0.4, 0.5) is 15.8 Å². The molecule has 0 amide bonds. The number of anilines is 2. The third-order valence-corrected chi connectivity index (χ3v) is 3.81. The molecule has 1 aliphatic heterocycles. The first-order valence-corrected chi connectivity index (χ1v) is 6.76. The van der Waals surface area contributed by atoms with Crippen molar-refractivity contribution < 1.29 is 9.18 Å². The molecule has 0 fully saturated rings. The summed E-state index contributed by atoms with van der Waals surface area (Å²) in [5.74, 6) is -0.693. The molecule has 0 aromatic heterocycles. The predicted molar refractivity (Wildman–Crippen MR) is 78.2 cm³/mol. The van der Waals surface area contributed by atoms with Gasteiger partial charge in [0.25, 0.3) is 0 Å². The Morgan fingerprint density at radius 2 is 1.85 bits per heavy atom. The summed E-state index contributed by atoms with van der Waals surface area (Å²) in [6.07, 6.45) is 0.907. The van der Waals surface area contributed by atoms with E-state index >= 15 is 0 Å². The van der Waals surface area contributed by atoms with E-state index in [2.05, 4.69) is 17.9 Å². The summed E-state index contributed by atoms with van der Waals surface area (Å²) >= 11 is 0. The van der Waals surface area contributed by atoms with Crippen molar-refractivity contribution in [3.8, 4) is 0 Å². The number of benzene rings is 2. The summed E-state index contributed by atoms with van der Waals surface area (Å²) in [6, 6.07) is 13.1. The molecule has 0 radical (unpaired) electrons. The van der Waals surface area contributed by atoms with Crippen LogP contribution in [-0.2, 0) is 6.42 Å². The van der Waals surface area contributed by atoms with Crippen LogP contribution in [0.5, 0.6) is 0 Å². The van der Waals surface area contributed by atoms with Gasteiger partial charge in [0.05, 0.1) is 11.3 Å². The van der Waals surface area contributed by atoms with Crippen molar-refractivity contribution in [2.24, 2.45) is 0 Å². The van der Waals surface area contributed by atoms with E-state index in [0.29, 0.717) is 5.69 Å². The number of hydrogen-bond donors (Lipinski definition) is 0. The Balaban J connectivity index is 2.20. The summed E-state index contributed by atoms with van der Waals surface area (Å²) in [5, 5.41) is 0. The van der Waals surface area contributed by atoms with E-state index in [-0.39, 0.29) is 17.4 Å². The minimum atomic E-state index is -0.452. The fourth-order valence-electron chi connectivity index (χ4n) is 2.99. The van der Waals surface area contributed by atoms with Crippen LogP contribution in [0.15, 0.2) is 42.5 Å². The van der Waals surface area contributed by atoms with Crippen LogP contribution in [-0.4, -0.2) is 11.8 Å². The molecule has 2 nitrogen and oxygen atoms in total. The molecule has 102 valence electrons. The van der Waals surface area contributed by atoms with Crippen molar-refractivity contribution in [1.82, 2.24) is 0 Å². The standard InChI is InChI=1S/C17H16FNO/c1-11-10-13-6-3-4-8-15(13)19(11)16-9-5-7-14(18)17(16)12(2)20/h3-9,11H,10H2,1-2H3. The maximum Gasteiger partial charge on any atom is 0.164 e. The van der Waals surface area contributed by atoms with Gasteiger partial charge in [0.2, 0.25) is 0 Å². The molecule has 1 heterocycles. The largest absolute Gasteiger partial charge is 0.337 e. The number of ketones is 1. The summed E-state index contributed by atoms with van der Waals surface area (Å²) in [4.78, 5) is 13.9. The van der Waals surface area contributed by atoms with Crippen molar-refractivity contribution in [1.29, 1.82) is 0 Å². The van der Waals surface area contributed by atoms with Crippen LogP contribution in [0, 0.1) is 5.82 Å².